The molecule has 0 radical (unpaired) electrons. The number of unbranched alkanes of at least 4 members (excludes halogenated alkanes) is 2. The molecule has 4 aliphatic rings. The molecule has 2 amide bonds. The van der Waals surface area contributed by atoms with Gasteiger partial charge in [0.2, 0.25) is 11.8 Å². The highest BCUT2D eigenvalue weighted by molar-refractivity contribution is 9.09. The molecule has 1 spiro atoms. The van der Waals surface area contributed by atoms with Gasteiger partial charge in [0, 0.05) is 17.4 Å². The molecular formula is C33H43BrN2O6. The molecule has 8 nitrogen and oxygen atoms in total. The number of allylic oxidation sites excluding steroid dienone is 1. The van der Waals surface area contributed by atoms with Crippen LogP contribution in [-0.4, -0.2) is 81.1 Å². The van der Waals surface area contributed by atoms with E-state index in [2.05, 4.69) is 29.1 Å². The third-order valence-electron chi connectivity index (χ3n) is 9.60. The van der Waals surface area contributed by atoms with E-state index in [1.54, 1.807) is 6.08 Å². The molecular weight excluding hydrogens is 600 g/mol. The van der Waals surface area contributed by atoms with Crippen molar-refractivity contribution in [2.45, 2.75) is 92.4 Å². The number of halogens is 1. The molecule has 7 atom stereocenters. The zero-order valence-electron chi connectivity index (χ0n) is 24.2. The van der Waals surface area contributed by atoms with Gasteiger partial charge in [-0.25, -0.2) is 0 Å². The molecule has 3 unspecified atom stereocenters. The standard InChI is InChI=1S/C33H43BrN2O6/c1-3-5-6-13-19-41-32(40)26-27-30(38)36(25(21-37)22-14-9-7-10-15-22)29(33(27)20-24(34)28(26)42-33)31(39)35(18-4-2)23-16-11-8-12-17-23/h3-4,7,9-10,14-15,23-29,37H,1-2,5-6,8,11-13,16-21H2/t24?,25-,26-,27+,28-,29?,33?/m1/s1. The van der Waals surface area contributed by atoms with Crippen LogP contribution in [0.3, 0.4) is 0 Å². The van der Waals surface area contributed by atoms with Gasteiger partial charge in [0.1, 0.15) is 11.6 Å². The Labute approximate surface area is 257 Å². The van der Waals surface area contributed by atoms with Gasteiger partial charge in [-0.3, -0.25) is 14.4 Å². The fourth-order valence-corrected chi connectivity index (χ4v) is 8.69. The van der Waals surface area contributed by atoms with Gasteiger partial charge in [0.25, 0.3) is 0 Å². The van der Waals surface area contributed by atoms with Crippen LogP contribution in [-0.2, 0) is 23.9 Å². The maximum Gasteiger partial charge on any atom is 0.312 e. The number of carbonyl (C=O) groups excluding carboxylic acids is 3. The number of ether oxygens (including phenoxy) is 2. The maximum absolute atomic E-state index is 14.8. The van der Waals surface area contributed by atoms with Crippen molar-refractivity contribution in [3.05, 3.63) is 61.2 Å². The third kappa shape index (κ3) is 5.48. The first-order valence-electron chi connectivity index (χ1n) is 15.4. The number of hydrogen-bond acceptors (Lipinski definition) is 6. The molecule has 0 aromatic heterocycles. The first kappa shape index (κ1) is 31.0. The van der Waals surface area contributed by atoms with Crippen LogP contribution in [0.1, 0.15) is 69.4 Å². The summed E-state index contributed by atoms with van der Waals surface area (Å²) in [6.45, 7) is 7.90. The second-order valence-corrected chi connectivity index (χ2v) is 13.2. The average Bonchev–Trinajstić information content (AvgIpc) is 3.60. The maximum atomic E-state index is 14.8. The first-order valence-corrected chi connectivity index (χ1v) is 16.3. The number of fused-ring (bicyclic) bond motifs is 1. The van der Waals surface area contributed by atoms with E-state index >= 15 is 0 Å². The van der Waals surface area contributed by atoms with Crippen molar-refractivity contribution in [3.63, 3.8) is 0 Å². The van der Waals surface area contributed by atoms with Crippen molar-refractivity contribution < 1.29 is 29.0 Å². The van der Waals surface area contributed by atoms with Gasteiger partial charge in [-0.2, -0.15) is 0 Å². The van der Waals surface area contributed by atoms with Crippen LogP contribution < -0.4 is 0 Å². The van der Waals surface area contributed by atoms with Crippen molar-refractivity contribution in [1.29, 1.82) is 0 Å². The number of rotatable bonds is 13. The largest absolute Gasteiger partial charge is 0.465 e. The number of hydrogen-bond donors (Lipinski definition) is 1. The van der Waals surface area contributed by atoms with E-state index in [1.165, 1.54) is 4.90 Å². The summed E-state index contributed by atoms with van der Waals surface area (Å²) >= 11 is 3.73. The molecule has 4 fully saturated rings. The summed E-state index contributed by atoms with van der Waals surface area (Å²) in [5.74, 6) is -2.72. The molecule has 1 N–H and O–H groups in total. The fourth-order valence-electron chi connectivity index (χ4n) is 7.75. The second kappa shape index (κ2) is 13.4. The minimum atomic E-state index is -1.21. The average molecular weight is 644 g/mol. The molecule has 1 saturated carbocycles. The number of esters is 1. The highest BCUT2D eigenvalue weighted by Gasteiger charge is 2.77. The number of benzene rings is 1. The van der Waals surface area contributed by atoms with E-state index in [0.717, 1.165) is 50.5 Å². The Kier molecular flexibility index (Phi) is 9.90. The van der Waals surface area contributed by atoms with Gasteiger partial charge in [-0.15, -0.1) is 13.2 Å². The van der Waals surface area contributed by atoms with Gasteiger partial charge in [0.15, 0.2) is 0 Å². The molecule has 42 heavy (non-hydrogen) atoms. The Morgan fingerprint density at radius 2 is 1.90 bits per heavy atom. The highest BCUT2D eigenvalue weighted by Crippen LogP contribution is 2.61. The smallest absolute Gasteiger partial charge is 0.312 e. The van der Waals surface area contributed by atoms with E-state index in [9.17, 15) is 19.5 Å². The number of aliphatic hydroxyl groups is 1. The summed E-state index contributed by atoms with van der Waals surface area (Å²) in [5.41, 5.74) is -0.489. The van der Waals surface area contributed by atoms with Crippen LogP contribution in [0.15, 0.2) is 55.6 Å². The zero-order valence-corrected chi connectivity index (χ0v) is 25.8. The summed E-state index contributed by atoms with van der Waals surface area (Å²) in [6.07, 6.45) is 10.8. The normalized spacial score (nSPS) is 31.0. The van der Waals surface area contributed by atoms with E-state index in [1.807, 2.05) is 41.3 Å². The van der Waals surface area contributed by atoms with Crippen LogP contribution in [0, 0.1) is 11.8 Å². The molecule has 1 aromatic carbocycles. The first-order chi connectivity index (χ1) is 20.4. The Bertz CT molecular complexity index is 1160. The fraction of sp³-hybridized carbons (Fsp3) is 0.606. The number of aliphatic hydroxyl groups excluding tert-OH is 1. The summed E-state index contributed by atoms with van der Waals surface area (Å²) in [4.78, 5) is 46.1. The lowest BCUT2D eigenvalue weighted by atomic mass is 9.70. The highest BCUT2D eigenvalue weighted by atomic mass is 79.9. The molecule has 3 aliphatic heterocycles. The van der Waals surface area contributed by atoms with Gasteiger partial charge >= 0.3 is 5.97 Å². The van der Waals surface area contributed by atoms with Gasteiger partial charge in [-0.05, 0) is 44.1 Å². The van der Waals surface area contributed by atoms with Crippen molar-refractivity contribution in [2.75, 3.05) is 19.8 Å². The van der Waals surface area contributed by atoms with Crippen LogP contribution >= 0.6 is 15.9 Å². The van der Waals surface area contributed by atoms with Crippen LogP contribution in [0.2, 0.25) is 0 Å². The van der Waals surface area contributed by atoms with Crippen molar-refractivity contribution in [2.24, 2.45) is 11.8 Å². The molecule has 1 aromatic rings. The summed E-state index contributed by atoms with van der Waals surface area (Å²) < 4.78 is 12.4. The number of amides is 2. The molecule has 3 saturated heterocycles. The zero-order chi connectivity index (χ0) is 29.9. The Hall–Kier alpha value is -2.49. The lowest BCUT2D eigenvalue weighted by molar-refractivity contribution is -0.157. The van der Waals surface area contributed by atoms with Crippen molar-refractivity contribution in [1.82, 2.24) is 9.80 Å². The molecule has 228 valence electrons. The number of likely N-dealkylation sites (tertiary alicyclic amines) is 1. The summed E-state index contributed by atoms with van der Waals surface area (Å²) in [7, 11) is 0. The van der Waals surface area contributed by atoms with E-state index in [0.29, 0.717) is 19.4 Å². The molecule has 1 aliphatic carbocycles. The number of nitrogens with zero attached hydrogens (tertiary/aromatic N) is 2. The summed E-state index contributed by atoms with van der Waals surface area (Å²) in [6, 6.07) is 7.55. The van der Waals surface area contributed by atoms with E-state index in [4.69, 9.17) is 9.47 Å². The predicted octanol–water partition coefficient (Wildman–Crippen LogP) is 4.71. The van der Waals surface area contributed by atoms with Crippen molar-refractivity contribution in [3.8, 4) is 0 Å². The van der Waals surface area contributed by atoms with Gasteiger partial charge in [0.05, 0.1) is 37.2 Å². The third-order valence-corrected chi connectivity index (χ3v) is 10.4. The van der Waals surface area contributed by atoms with Gasteiger partial charge in [-0.1, -0.05) is 77.7 Å². The van der Waals surface area contributed by atoms with E-state index in [-0.39, 0.29) is 35.9 Å². The predicted molar refractivity (Wildman–Crippen MR) is 163 cm³/mol. The minimum Gasteiger partial charge on any atom is -0.465 e. The van der Waals surface area contributed by atoms with Crippen LogP contribution in [0.4, 0.5) is 0 Å². The lowest BCUT2D eigenvalue weighted by Crippen LogP contribution is -2.59. The number of carbonyl (C=O) groups is 3. The number of alkyl halides is 1. The topological polar surface area (TPSA) is 96.4 Å². The van der Waals surface area contributed by atoms with Crippen LogP contribution in [0.5, 0.6) is 0 Å². The lowest BCUT2D eigenvalue weighted by Gasteiger charge is -2.42. The minimum absolute atomic E-state index is 0.0376. The molecule has 5 rings (SSSR count). The van der Waals surface area contributed by atoms with Crippen molar-refractivity contribution >= 4 is 33.7 Å². The monoisotopic (exact) mass is 642 g/mol. The quantitative estimate of drug-likeness (QED) is 0.145. The Morgan fingerprint density at radius 3 is 2.57 bits per heavy atom. The van der Waals surface area contributed by atoms with Gasteiger partial charge < -0.3 is 24.4 Å². The van der Waals surface area contributed by atoms with Crippen LogP contribution in [0.25, 0.3) is 0 Å². The molecule has 2 bridgehead atoms. The SMILES string of the molecule is C=CCCCCOC(=O)[C@H]1[C@@H]2OC3(CC2Br)C(C(=O)N(CC=C)C2CCCCC2)N([C@H](CO)c2ccccc2)C(=O)[C@H]13. The Balaban J connectivity index is 1.54. The molecule has 3 heterocycles. The van der Waals surface area contributed by atoms with E-state index < -0.39 is 41.6 Å². The Morgan fingerprint density at radius 1 is 1.17 bits per heavy atom. The summed E-state index contributed by atoms with van der Waals surface area (Å²) in [5, 5.41) is 10.7. The second-order valence-electron chi connectivity index (χ2n) is 12.0. The molecule has 9 heteroatoms.